The van der Waals surface area contributed by atoms with E-state index in [9.17, 15) is 5.11 Å². The van der Waals surface area contributed by atoms with Crippen LogP contribution in [0.4, 0.5) is 11.8 Å². The van der Waals surface area contributed by atoms with E-state index in [2.05, 4.69) is 29.1 Å². The minimum Gasteiger partial charge on any atom is -0.391 e. The van der Waals surface area contributed by atoms with Crippen LogP contribution in [0, 0.1) is 6.92 Å². The first kappa shape index (κ1) is 15.7. The molecule has 0 saturated heterocycles. The Morgan fingerprint density at radius 3 is 2.63 bits per heavy atom. The zero-order chi connectivity index (χ0) is 14.3. The predicted molar refractivity (Wildman–Crippen MR) is 79.2 cm³/mol. The zero-order valence-corrected chi connectivity index (χ0v) is 12.2. The maximum atomic E-state index is 9.78. The lowest BCUT2D eigenvalue weighted by molar-refractivity contribution is 0.176. The van der Waals surface area contributed by atoms with Crippen LogP contribution in [-0.2, 0) is 6.42 Å². The molecule has 1 unspecified atom stereocenters. The maximum absolute atomic E-state index is 9.78. The van der Waals surface area contributed by atoms with Gasteiger partial charge in [-0.1, -0.05) is 26.7 Å². The second kappa shape index (κ2) is 7.94. The lowest BCUT2D eigenvalue weighted by atomic mass is 10.1. The van der Waals surface area contributed by atoms with Gasteiger partial charge in [-0.25, -0.2) is 4.98 Å². The van der Waals surface area contributed by atoms with E-state index in [0.29, 0.717) is 6.54 Å². The zero-order valence-electron chi connectivity index (χ0n) is 12.2. The summed E-state index contributed by atoms with van der Waals surface area (Å²) < 4.78 is 0. The van der Waals surface area contributed by atoms with Crippen molar-refractivity contribution in [3.05, 3.63) is 11.3 Å². The van der Waals surface area contributed by atoms with Gasteiger partial charge in [0.25, 0.3) is 0 Å². The highest BCUT2D eigenvalue weighted by atomic mass is 16.3. The number of aliphatic hydroxyl groups is 1. The fourth-order valence-electron chi connectivity index (χ4n) is 2.07. The van der Waals surface area contributed by atoms with Crippen LogP contribution < -0.4 is 11.1 Å². The summed E-state index contributed by atoms with van der Waals surface area (Å²) in [6.45, 7) is 6.67. The molecule has 0 amide bonds. The van der Waals surface area contributed by atoms with Gasteiger partial charge in [0.2, 0.25) is 5.95 Å². The van der Waals surface area contributed by atoms with Gasteiger partial charge < -0.3 is 16.2 Å². The lowest BCUT2D eigenvalue weighted by Gasteiger charge is -2.16. The molecule has 5 nitrogen and oxygen atoms in total. The molecular formula is C14H26N4O. The van der Waals surface area contributed by atoms with Crippen molar-refractivity contribution in [1.29, 1.82) is 0 Å². The SMILES string of the molecule is CCCCc1c(C)nc(N)nc1NCC(O)CCC. The van der Waals surface area contributed by atoms with Gasteiger partial charge in [0, 0.05) is 17.8 Å². The number of aryl methyl sites for hydroxylation is 1. The number of hydrogen-bond donors (Lipinski definition) is 3. The van der Waals surface area contributed by atoms with Crippen molar-refractivity contribution < 1.29 is 5.11 Å². The molecule has 0 aliphatic rings. The van der Waals surface area contributed by atoms with Crippen molar-refractivity contribution in [2.45, 2.75) is 59.0 Å². The number of nitrogens with zero attached hydrogens (tertiary/aromatic N) is 2. The number of hydrogen-bond acceptors (Lipinski definition) is 5. The summed E-state index contributed by atoms with van der Waals surface area (Å²) in [4.78, 5) is 8.48. The average molecular weight is 266 g/mol. The molecule has 1 aromatic heterocycles. The number of aromatic nitrogens is 2. The molecule has 1 heterocycles. The van der Waals surface area contributed by atoms with Gasteiger partial charge in [-0.3, -0.25) is 0 Å². The van der Waals surface area contributed by atoms with Crippen LogP contribution in [0.25, 0.3) is 0 Å². The summed E-state index contributed by atoms with van der Waals surface area (Å²) >= 11 is 0. The predicted octanol–water partition coefficient (Wildman–Crippen LogP) is 2.28. The summed E-state index contributed by atoms with van der Waals surface area (Å²) in [7, 11) is 0. The van der Waals surface area contributed by atoms with Crippen LogP contribution in [0.2, 0.25) is 0 Å². The van der Waals surface area contributed by atoms with E-state index < -0.39 is 0 Å². The smallest absolute Gasteiger partial charge is 0.222 e. The van der Waals surface area contributed by atoms with Crippen molar-refractivity contribution in [1.82, 2.24) is 9.97 Å². The van der Waals surface area contributed by atoms with Gasteiger partial charge in [-0.2, -0.15) is 4.98 Å². The number of nitrogens with two attached hydrogens (primary N) is 1. The Hall–Kier alpha value is -1.36. The van der Waals surface area contributed by atoms with E-state index in [0.717, 1.165) is 49.2 Å². The lowest BCUT2D eigenvalue weighted by Crippen LogP contribution is -2.21. The molecule has 1 atom stereocenters. The van der Waals surface area contributed by atoms with E-state index in [1.807, 2.05) is 6.92 Å². The Balaban J connectivity index is 2.78. The van der Waals surface area contributed by atoms with Crippen LogP contribution in [0.15, 0.2) is 0 Å². The molecule has 19 heavy (non-hydrogen) atoms. The van der Waals surface area contributed by atoms with E-state index in [4.69, 9.17) is 5.73 Å². The van der Waals surface area contributed by atoms with Crippen molar-refractivity contribution in [2.24, 2.45) is 0 Å². The monoisotopic (exact) mass is 266 g/mol. The molecule has 0 spiro atoms. The fraction of sp³-hybridized carbons (Fsp3) is 0.714. The van der Waals surface area contributed by atoms with Gasteiger partial charge >= 0.3 is 0 Å². The summed E-state index contributed by atoms with van der Waals surface area (Å²) in [6, 6.07) is 0. The quantitative estimate of drug-likeness (QED) is 0.672. The number of nitrogens with one attached hydrogen (secondary N) is 1. The van der Waals surface area contributed by atoms with E-state index in [-0.39, 0.29) is 12.1 Å². The largest absolute Gasteiger partial charge is 0.391 e. The molecule has 4 N–H and O–H groups in total. The minimum atomic E-state index is -0.347. The van der Waals surface area contributed by atoms with Crippen molar-refractivity contribution in [2.75, 3.05) is 17.6 Å². The molecular weight excluding hydrogens is 240 g/mol. The molecule has 1 rings (SSSR count). The molecule has 5 heteroatoms. The molecule has 0 aliphatic heterocycles. The van der Waals surface area contributed by atoms with Gasteiger partial charge in [0.1, 0.15) is 5.82 Å². The Morgan fingerprint density at radius 1 is 1.26 bits per heavy atom. The minimum absolute atomic E-state index is 0.283. The van der Waals surface area contributed by atoms with Crippen molar-refractivity contribution in [3.8, 4) is 0 Å². The first-order chi connectivity index (χ1) is 9.08. The van der Waals surface area contributed by atoms with Gasteiger partial charge in [0.05, 0.1) is 6.10 Å². The third-order valence-corrected chi connectivity index (χ3v) is 3.14. The standard InChI is InChI=1S/C14H26N4O/c1-4-6-8-12-10(3)17-14(15)18-13(12)16-9-11(19)7-5-2/h11,19H,4-9H2,1-3H3,(H3,15,16,17,18). The van der Waals surface area contributed by atoms with Gasteiger partial charge in [-0.15, -0.1) is 0 Å². The van der Waals surface area contributed by atoms with Crippen LogP contribution >= 0.6 is 0 Å². The average Bonchev–Trinajstić information content (AvgIpc) is 2.35. The Kier molecular flexibility index (Phi) is 6.56. The third-order valence-electron chi connectivity index (χ3n) is 3.14. The van der Waals surface area contributed by atoms with Crippen molar-refractivity contribution in [3.63, 3.8) is 0 Å². The topological polar surface area (TPSA) is 84.1 Å². The van der Waals surface area contributed by atoms with E-state index >= 15 is 0 Å². The Labute approximate surface area is 115 Å². The molecule has 0 aromatic carbocycles. The second-order valence-electron chi connectivity index (χ2n) is 4.92. The number of aliphatic hydroxyl groups excluding tert-OH is 1. The van der Waals surface area contributed by atoms with E-state index in [1.165, 1.54) is 0 Å². The number of unbranched alkanes of at least 4 members (excludes halogenated alkanes) is 1. The first-order valence-corrected chi connectivity index (χ1v) is 7.13. The summed E-state index contributed by atoms with van der Waals surface area (Å²) in [5.41, 5.74) is 7.73. The molecule has 0 radical (unpaired) electrons. The molecule has 0 aliphatic carbocycles. The number of nitrogen functional groups attached to an aromatic ring is 1. The second-order valence-corrected chi connectivity index (χ2v) is 4.92. The molecule has 0 bridgehead atoms. The highest BCUT2D eigenvalue weighted by molar-refractivity contribution is 5.49. The Bertz CT molecular complexity index is 395. The summed E-state index contributed by atoms with van der Waals surface area (Å²) in [6.07, 6.45) is 4.57. The van der Waals surface area contributed by atoms with Gasteiger partial charge in [0.15, 0.2) is 0 Å². The van der Waals surface area contributed by atoms with E-state index in [1.54, 1.807) is 0 Å². The van der Waals surface area contributed by atoms with Gasteiger partial charge in [-0.05, 0) is 26.2 Å². The molecule has 0 fully saturated rings. The Morgan fingerprint density at radius 2 is 2.00 bits per heavy atom. The van der Waals surface area contributed by atoms with Crippen LogP contribution in [-0.4, -0.2) is 27.7 Å². The summed E-state index contributed by atoms with van der Waals surface area (Å²) in [5, 5.41) is 13.0. The van der Waals surface area contributed by atoms with Crippen LogP contribution in [0.3, 0.4) is 0 Å². The highest BCUT2D eigenvalue weighted by Gasteiger charge is 2.11. The normalized spacial score (nSPS) is 12.4. The highest BCUT2D eigenvalue weighted by Crippen LogP contribution is 2.20. The number of anilines is 2. The molecule has 1 aromatic rings. The first-order valence-electron chi connectivity index (χ1n) is 7.13. The summed E-state index contributed by atoms with van der Waals surface area (Å²) in [5.74, 6) is 1.05. The van der Waals surface area contributed by atoms with Crippen LogP contribution in [0.5, 0.6) is 0 Å². The van der Waals surface area contributed by atoms with Crippen LogP contribution in [0.1, 0.15) is 50.8 Å². The van der Waals surface area contributed by atoms with Crippen molar-refractivity contribution >= 4 is 11.8 Å². The molecule has 0 saturated carbocycles. The fourth-order valence-corrected chi connectivity index (χ4v) is 2.07. The third kappa shape index (κ3) is 5.03. The maximum Gasteiger partial charge on any atom is 0.222 e. The molecule has 108 valence electrons. The number of rotatable bonds is 8.